The van der Waals surface area contributed by atoms with Crippen molar-refractivity contribution in [2.24, 2.45) is 5.50 Å². The van der Waals surface area contributed by atoms with Crippen molar-refractivity contribution >= 4 is 7.95 Å². The van der Waals surface area contributed by atoms with Gasteiger partial charge in [0, 0.05) is 0 Å². The Morgan fingerprint density at radius 1 is 1.00 bits per heavy atom. The monoisotopic (exact) mass is 190 g/mol. The first kappa shape index (κ1) is 12.1. The fourth-order valence-corrected chi connectivity index (χ4v) is 1.76. The Morgan fingerprint density at radius 2 is 1.50 bits per heavy atom. The van der Waals surface area contributed by atoms with Crippen molar-refractivity contribution in [2.75, 3.05) is 6.16 Å². The zero-order chi connectivity index (χ0) is 9.23. The van der Waals surface area contributed by atoms with Crippen LogP contribution in [0.4, 0.5) is 0 Å². The van der Waals surface area contributed by atoms with Crippen molar-refractivity contribution in [2.45, 2.75) is 51.9 Å². The molecule has 72 valence electrons. The quantitative estimate of drug-likeness (QED) is 0.470. The third kappa shape index (κ3) is 10.1. The van der Waals surface area contributed by atoms with Gasteiger partial charge < -0.3 is 0 Å². The van der Waals surface area contributed by atoms with E-state index in [0.717, 1.165) is 6.42 Å². The van der Waals surface area contributed by atoms with Gasteiger partial charge in [0.2, 0.25) is 0 Å². The van der Waals surface area contributed by atoms with E-state index in [0.29, 0.717) is 6.16 Å². The van der Waals surface area contributed by atoms with Gasteiger partial charge in [0.05, 0.1) is 0 Å². The van der Waals surface area contributed by atoms with Crippen LogP contribution in [0.25, 0.3) is 0 Å². The Kier molecular flexibility index (Phi) is 9.20. The Morgan fingerprint density at radius 3 is 2.00 bits per heavy atom. The zero-order valence-corrected chi connectivity index (χ0v) is 8.98. The summed E-state index contributed by atoms with van der Waals surface area (Å²) in [5, 5.41) is 0. The average molecular weight is 190 g/mol. The molecular weight excluding hydrogens is 169 g/mol. The summed E-state index contributed by atoms with van der Waals surface area (Å²) in [7, 11) is -1.38. The Labute approximate surface area is 76.8 Å². The lowest BCUT2D eigenvalue weighted by Gasteiger charge is -1.96. The minimum absolute atomic E-state index is 0.711. The van der Waals surface area contributed by atoms with Crippen molar-refractivity contribution in [3.63, 3.8) is 0 Å². The molecule has 0 radical (unpaired) electrons. The van der Waals surface area contributed by atoms with E-state index < -0.39 is 7.95 Å². The molecule has 0 rings (SSSR count). The van der Waals surface area contributed by atoms with E-state index >= 15 is 0 Å². The van der Waals surface area contributed by atoms with Gasteiger partial charge in [-0.1, -0.05) is 43.6 Å². The molecule has 0 aromatic carbocycles. The normalized spacial score (nSPS) is 11.7. The maximum absolute atomic E-state index is 10.5. The number of rotatable bonds is 8. The zero-order valence-electron chi connectivity index (χ0n) is 8.09. The summed E-state index contributed by atoms with van der Waals surface area (Å²) >= 11 is 0. The van der Waals surface area contributed by atoms with Gasteiger partial charge in [0.25, 0.3) is 0 Å². The van der Waals surface area contributed by atoms with E-state index in [4.69, 9.17) is 5.50 Å². The summed E-state index contributed by atoms with van der Waals surface area (Å²) in [6, 6.07) is 0. The largest absolute Gasteiger partial charge is 0.429 e. The Bertz CT molecular complexity index is 117. The molecule has 1 atom stereocenters. The maximum atomic E-state index is 10.5. The number of unbranched alkanes of at least 4 members (excludes halogenated alkanes) is 6. The number of hydrogen-bond donors (Lipinski definition) is 1. The highest BCUT2D eigenvalue weighted by Gasteiger charge is 2.04. The molecule has 0 aromatic rings. The molecule has 0 bridgehead atoms. The SMILES string of the molecule is CCCCCCCCC[P+](N)=O. The fourth-order valence-electron chi connectivity index (χ4n) is 1.22. The van der Waals surface area contributed by atoms with E-state index in [-0.39, 0.29) is 0 Å². The molecule has 0 spiro atoms. The van der Waals surface area contributed by atoms with Gasteiger partial charge in [-0.15, -0.1) is 5.50 Å². The van der Waals surface area contributed by atoms with Gasteiger partial charge in [0.15, 0.2) is 6.16 Å². The lowest BCUT2D eigenvalue weighted by atomic mass is 10.1. The van der Waals surface area contributed by atoms with Crippen molar-refractivity contribution in [1.82, 2.24) is 0 Å². The predicted octanol–water partition coefficient (Wildman–Crippen LogP) is 3.44. The lowest BCUT2D eigenvalue weighted by Crippen LogP contribution is -1.86. The minimum Gasteiger partial charge on any atom is -0.122 e. The fraction of sp³-hybridized carbons (Fsp3) is 1.00. The second-order valence-electron chi connectivity index (χ2n) is 3.26. The summed E-state index contributed by atoms with van der Waals surface area (Å²) in [6.07, 6.45) is 9.56. The third-order valence-corrected chi connectivity index (χ3v) is 2.74. The molecule has 0 saturated carbocycles. The Balaban J connectivity index is 2.86. The highest BCUT2D eigenvalue weighted by Crippen LogP contribution is 2.13. The van der Waals surface area contributed by atoms with Crippen molar-refractivity contribution in [1.29, 1.82) is 0 Å². The van der Waals surface area contributed by atoms with Gasteiger partial charge >= 0.3 is 7.95 Å². The highest BCUT2D eigenvalue weighted by atomic mass is 31.1. The van der Waals surface area contributed by atoms with Gasteiger partial charge in [-0.3, -0.25) is 0 Å². The second kappa shape index (κ2) is 9.15. The first-order valence-electron chi connectivity index (χ1n) is 4.96. The van der Waals surface area contributed by atoms with Crippen LogP contribution in [0.1, 0.15) is 51.9 Å². The van der Waals surface area contributed by atoms with Crippen LogP contribution in [-0.4, -0.2) is 6.16 Å². The lowest BCUT2D eigenvalue weighted by molar-refractivity contribution is 0.578. The molecule has 0 aromatic heterocycles. The van der Waals surface area contributed by atoms with Crippen LogP contribution in [-0.2, 0) is 4.57 Å². The molecule has 0 aliphatic carbocycles. The Hall–Kier alpha value is 0.0600. The average Bonchev–Trinajstić information content (AvgIpc) is 2.02. The first-order valence-corrected chi connectivity index (χ1v) is 6.48. The van der Waals surface area contributed by atoms with Gasteiger partial charge in [-0.25, -0.2) is 0 Å². The molecule has 2 N–H and O–H groups in total. The third-order valence-electron chi connectivity index (χ3n) is 1.98. The molecular formula is C9H21NOP+. The standard InChI is InChI=1S/C9H21NOP/c1-2-3-4-5-6-7-8-9-12(10)11/h2-9H2,1H3,(H2,10,11)/q+1. The molecule has 2 nitrogen and oxygen atoms in total. The summed E-state index contributed by atoms with van der Waals surface area (Å²) in [6.45, 7) is 2.22. The van der Waals surface area contributed by atoms with Crippen LogP contribution in [0.5, 0.6) is 0 Å². The number of nitrogens with two attached hydrogens (primary N) is 1. The van der Waals surface area contributed by atoms with Crippen LogP contribution in [0, 0.1) is 0 Å². The van der Waals surface area contributed by atoms with Crippen molar-refractivity contribution in [3.05, 3.63) is 0 Å². The summed E-state index contributed by atoms with van der Waals surface area (Å²) < 4.78 is 10.5. The molecule has 0 aliphatic heterocycles. The molecule has 1 unspecified atom stereocenters. The molecule has 0 fully saturated rings. The van der Waals surface area contributed by atoms with E-state index in [1.54, 1.807) is 0 Å². The van der Waals surface area contributed by atoms with Crippen molar-refractivity contribution < 1.29 is 4.57 Å². The molecule has 0 saturated heterocycles. The van der Waals surface area contributed by atoms with Gasteiger partial charge in [-0.05, 0) is 12.8 Å². The van der Waals surface area contributed by atoms with Crippen LogP contribution in [0.2, 0.25) is 0 Å². The van der Waals surface area contributed by atoms with Crippen LogP contribution in [0.15, 0.2) is 0 Å². The van der Waals surface area contributed by atoms with E-state index in [1.165, 1.54) is 38.5 Å². The van der Waals surface area contributed by atoms with Crippen LogP contribution < -0.4 is 5.50 Å². The topological polar surface area (TPSA) is 43.1 Å². The second-order valence-corrected chi connectivity index (χ2v) is 4.54. The summed E-state index contributed by atoms with van der Waals surface area (Å²) in [5.74, 6) is 0. The van der Waals surface area contributed by atoms with E-state index in [1.807, 2.05) is 0 Å². The summed E-state index contributed by atoms with van der Waals surface area (Å²) in [5.41, 5.74) is 5.16. The molecule has 3 heteroatoms. The summed E-state index contributed by atoms with van der Waals surface area (Å²) in [4.78, 5) is 0. The van der Waals surface area contributed by atoms with Gasteiger partial charge in [-0.2, -0.15) is 0 Å². The first-order chi connectivity index (χ1) is 5.77. The predicted molar refractivity (Wildman–Crippen MR) is 54.7 cm³/mol. The maximum Gasteiger partial charge on any atom is 0.429 e. The molecule has 0 aliphatic rings. The molecule has 0 heterocycles. The number of hydrogen-bond acceptors (Lipinski definition) is 1. The highest BCUT2D eigenvalue weighted by molar-refractivity contribution is 7.41. The molecule has 12 heavy (non-hydrogen) atoms. The van der Waals surface area contributed by atoms with Crippen molar-refractivity contribution in [3.8, 4) is 0 Å². The van der Waals surface area contributed by atoms with E-state index in [9.17, 15) is 4.57 Å². The van der Waals surface area contributed by atoms with Crippen LogP contribution in [0.3, 0.4) is 0 Å². The van der Waals surface area contributed by atoms with E-state index in [2.05, 4.69) is 6.92 Å². The van der Waals surface area contributed by atoms with Gasteiger partial charge in [0.1, 0.15) is 0 Å². The molecule has 0 amide bonds. The van der Waals surface area contributed by atoms with Crippen LogP contribution >= 0.6 is 7.95 Å². The smallest absolute Gasteiger partial charge is 0.122 e. The minimum atomic E-state index is -1.38.